The van der Waals surface area contributed by atoms with Crippen molar-refractivity contribution in [3.8, 4) is 39.8 Å². The molecule has 3 nitrogen and oxygen atoms in total. The lowest BCUT2D eigenvalue weighted by Crippen LogP contribution is -2.35. The van der Waals surface area contributed by atoms with Gasteiger partial charge < -0.3 is 14.0 Å². The fourth-order valence-electron chi connectivity index (χ4n) is 8.88. The lowest BCUT2D eigenvalue weighted by molar-refractivity contribution is 0.467. The van der Waals surface area contributed by atoms with Crippen LogP contribution in [0.2, 0.25) is 0 Å². The second kappa shape index (κ2) is 10.7. The number of ether oxygens (including phenoxy) is 2. The summed E-state index contributed by atoms with van der Waals surface area (Å²) in [6.07, 6.45) is 0. The molecule has 53 heavy (non-hydrogen) atoms. The van der Waals surface area contributed by atoms with Gasteiger partial charge in [-0.3, -0.25) is 0 Å². The molecule has 5 heteroatoms. The third-order valence-electron chi connectivity index (χ3n) is 11.2. The molecule has 10 aromatic rings. The van der Waals surface area contributed by atoms with E-state index in [0.717, 1.165) is 55.7 Å². The molecular weight excluding hydrogens is 686 g/mol. The third kappa shape index (κ3) is 3.97. The Kier molecular flexibility index (Phi) is 5.92. The average molecular weight is 714 g/mol. The van der Waals surface area contributed by atoms with Crippen molar-refractivity contribution in [2.24, 2.45) is 0 Å². The number of nitrogens with zero attached hydrogens (tertiary/aromatic N) is 1. The van der Waals surface area contributed by atoms with Gasteiger partial charge in [-0.15, -0.1) is 0 Å². The van der Waals surface area contributed by atoms with Crippen molar-refractivity contribution in [1.29, 1.82) is 0 Å². The first kappa shape index (κ1) is 29.4. The SMILES string of the molecule is S=P12c3ccccc3Oc3cc(-c4ccc(-n5c6ccccc6c6ccccc65)cc4)cc(c31)Oc1cc3c4ccccc4c4ccccc4c3cc12. The Hall–Kier alpha value is -6.19. The van der Waals surface area contributed by atoms with Crippen molar-refractivity contribution in [1.82, 2.24) is 4.57 Å². The zero-order valence-electron chi connectivity index (χ0n) is 28.3. The molecule has 9 aromatic carbocycles. The molecule has 0 aliphatic carbocycles. The van der Waals surface area contributed by atoms with E-state index in [9.17, 15) is 0 Å². The normalized spacial score (nSPS) is 15.6. The van der Waals surface area contributed by atoms with Crippen LogP contribution in [0.1, 0.15) is 0 Å². The molecule has 1 unspecified atom stereocenters. The molecule has 12 rings (SSSR count). The predicted molar refractivity (Wildman–Crippen MR) is 225 cm³/mol. The van der Waals surface area contributed by atoms with Gasteiger partial charge in [-0.05, 0) is 104 Å². The van der Waals surface area contributed by atoms with E-state index in [0.29, 0.717) is 0 Å². The van der Waals surface area contributed by atoms with Crippen molar-refractivity contribution in [3.63, 3.8) is 0 Å². The first-order valence-corrected chi connectivity index (χ1v) is 20.7. The van der Waals surface area contributed by atoms with Gasteiger partial charge in [-0.25, -0.2) is 0 Å². The van der Waals surface area contributed by atoms with Crippen LogP contribution in [0, 0.1) is 0 Å². The standard InChI is InChI=1S/C48H28NO2PS/c53-52-46-20-10-9-19-42(46)50-44-25-30(29-21-23-31(24-22-29)49-40-17-7-5-15-36(40)37-16-6-8-18-41(37)49)26-45(48(44)52)51-43-27-38-34-13-3-1-11-32(34)33-12-2-4-14-35(33)39(38)28-47(43)52/h1-28H. The van der Waals surface area contributed by atoms with Gasteiger partial charge in [0.2, 0.25) is 0 Å². The number of aromatic nitrogens is 1. The fraction of sp³-hybridized carbons (Fsp3) is 0. The van der Waals surface area contributed by atoms with E-state index in [1.807, 2.05) is 6.07 Å². The Morgan fingerprint density at radius 3 is 1.49 bits per heavy atom. The second-order valence-electron chi connectivity index (χ2n) is 14.0. The van der Waals surface area contributed by atoms with Crippen LogP contribution in [0.5, 0.6) is 23.0 Å². The van der Waals surface area contributed by atoms with Crippen LogP contribution in [-0.4, -0.2) is 4.57 Å². The number of benzene rings is 9. The molecule has 0 amide bonds. The highest BCUT2D eigenvalue weighted by atomic mass is 32.4. The summed E-state index contributed by atoms with van der Waals surface area (Å²) in [5, 5.41) is 12.9. The molecule has 2 aliphatic heterocycles. The molecule has 0 fully saturated rings. The maximum atomic E-state index is 6.99. The molecule has 0 saturated carbocycles. The van der Waals surface area contributed by atoms with Crippen LogP contribution in [0.3, 0.4) is 0 Å². The predicted octanol–water partition coefficient (Wildman–Crippen LogP) is 11.9. The van der Waals surface area contributed by atoms with Crippen LogP contribution in [0.4, 0.5) is 0 Å². The molecule has 1 aromatic heterocycles. The smallest absolute Gasteiger partial charge is 0.140 e. The molecule has 0 bridgehead atoms. The molecule has 3 heterocycles. The van der Waals surface area contributed by atoms with E-state index in [2.05, 4.69) is 168 Å². The van der Waals surface area contributed by atoms with Crippen LogP contribution in [0.25, 0.3) is 70.9 Å². The lowest BCUT2D eigenvalue weighted by atomic mass is 9.94. The van der Waals surface area contributed by atoms with Gasteiger partial charge in [0.05, 0.1) is 22.4 Å². The van der Waals surface area contributed by atoms with Gasteiger partial charge in [0, 0.05) is 27.1 Å². The summed E-state index contributed by atoms with van der Waals surface area (Å²) in [6.45, 7) is 0. The van der Waals surface area contributed by atoms with Crippen LogP contribution in [-0.2, 0) is 11.8 Å². The molecule has 1 atom stereocenters. The van der Waals surface area contributed by atoms with Crippen LogP contribution < -0.4 is 25.4 Å². The summed E-state index contributed by atoms with van der Waals surface area (Å²) in [6, 6.07) is 58.0. The Morgan fingerprint density at radius 2 is 0.868 bits per heavy atom. The van der Waals surface area contributed by atoms with E-state index in [1.165, 1.54) is 54.1 Å². The molecule has 248 valence electrons. The first-order valence-electron chi connectivity index (χ1n) is 17.9. The van der Waals surface area contributed by atoms with E-state index < -0.39 is 6.04 Å². The van der Waals surface area contributed by atoms with Gasteiger partial charge in [0.15, 0.2) is 0 Å². The summed E-state index contributed by atoms with van der Waals surface area (Å²) >= 11 is 6.99. The topological polar surface area (TPSA) is 23.4 Å². The highest BCUT2D eigenvalue weighted by Gasteiger charge is 2.43. The van der Waals surface area contributed by atoms with Crippen LogP contribution in [0.15, 0.2) is 170 Å². The van der Waals surface area contributed by atoms with E-state index in [1.54, 1.807) is 0 Å². The fourth-order valence-corrected chi connectivity index (χ4v) is 13.3. The molecular formula is C48H28NO2PS. The van der Waals surface area contributed by atoms with Crippen molar-refractivity contribution < 1.29 is 9.47 Å². The monoisotopic (exact) mass is 713 g/mol. The van der Waals surface area contributed by atoms with Crippen molar-refractivity contribution in [2.75, 3.05) is 0 Å². The summed E-state index contributed by atoms with van der Waals surface area (Å²) < 4.78 is 16.1. The third-order valence-corrected chi connectivity index (χ3v) is 16.1. The van der Waals surface area contributed by atoms with Gasteiger partial charge in [0.25, 0.3) is 0 Å². The summed E-state index contributed by atoms with van der Waals surface area (Å²) in [5.74, 6) is 3.21. The Balaban J connectivity index is 1.06. The zero-order valence-corrected chi connectivity index (χ0v) is 30.0. The number of hydrogen-bond acceptors (Lipinski definition) is 3. The average Bonchev–Trinajstić information content (AvgIpc) is 3.55. The van der Waals surface area contributed by atoms with E-state index in [4.69, 9.17) is 21.3 Å². The minimum absolute atomic E-state index is 0.777. The maximum Gasteiger partial charge on any atom is 0.140 e. The van der Waals surface area contributed by atoms with Gasteiger partial charge in [-0.2, -0.15) is 0 Å². The minimum Gasteiger partial charge on any atom is -0.456 e. The van der Waals surface area contributed by atoms with Gasteiger partial charge in [-0.1, -0.05) is 121 Å². The number of fused-ring (bicyclic) bond motifs is 13. The van der Waals surface area contributed by atoms with Crippen molar-refractivity contribution in [3.05, 3.63) is 170 Å². The summed E-state index contributed by atoms with van der Waals surface area (Å²) in [4.78, 5) is 0. The van der Waals surface area contributed by atoms with E-state index >= 15 is 0 Å². The summed E-state index contributed by atoms with van der Waals surface area (Å²) in [7, 11) is 0. The van der Waals surface area contributed by atoms with Gasteiger partial charge in [0.1, 0.15) is 23.0 Å². The molecule has 2 aliphatic rings. The van der Waals surface area contributed by atoms with Crippen molar-refractivity contribution >= 4 is 87.9 Å². The zero-order chi connectivity index (χ0) is 34.8. The lowest BCUT2D eigenvalue weighted by Gasteiger charge is -2.38. The quantitative estimate of drug-likeness (QED) is 0.132. The Morgan fingerprint density at radius 1 is 0.377 bits per heavy atom. The highest BCUT2D eigenvalue weighted by molar-refractivity contribution is 8.26. The molecule has 0 N–H and O–H groups in total. The second-order valence-corrected chi connectivity index (χ2v) is 18.2. The van der Waals surface area contributed by atoms with Gasteiger partial charge >= 0.3 is 0 Å². The number of rotatable bonds is 2. The maximum absolute atomic E-state index is 6.99. The first-order chi connectivity index (χ1) is 26.1. The largest absolute Gasteiger partial charge is 0.456 e. The Labute approximate surface area is 310 Å². The summed E-state index contributed by atoms with van der Waals surface area (Å²) in [5.41, 5.74) is 5.60. The molecule has 0 saturated heterocycles. The minimum atomic E-state index is -2.58. The van der Waals surface area contributed by atoms with Crippen LogP contribution >= 0.6 is 6.04 Å². The van der Waals surface area contributed by atoms with Crippen molar-refractivity contribution in [2.45, 2.75) is 0 Å². The molecule has 0 radical (unpaired) electrons. The molecule has 0 spiro atoms. The Bertz CT molecular complexity index is 3220. The number of hydrogen-bond donors (Lipinski definition) is 0. The number of para-hydroxylation sites is 3. The highest BCUT2D eigenvalue weighted by Crippen LogP contribution is 2.60. The van der Waals surface area contributed by atoms with E-state index in [-0.39, 0.29) is 0 Å².